The van der Waals surface area contributed by atoms with Gasteiger partial charge in [0.2, 0.25) is 0 Å². The Labute approximate surface area is 350 Å². The molecule has 0 bridgehead atoms. The normalized spacial score (nSPS) is 14.7. The third-order valence-corrected chi connectivity index (χ3v) is 13.6. The van der Waals surface area contributed by atoms with Crippen molar-refractivity contribution in [3.05, 3.63) is 224 Å². The maximum atomic E-state index is 15.6. The van der Waals surface area contributed by atoms with Crippen LogP contribution < -0.4 is 24.2 Å². The quantitative estimate of drug-likeness (QED) is 0.109. The average molecular weight is 807 g/mol. The number of allylic oxidation sites excluding steroid dienone is 5. The minimum atomic E-state index is -4.04. The van der Waals surface area contributed by atoms with Crippen molar-refractivity contribution in [1.29, 1.82) is 0 Å². The van der Waals surface area contributed by atoms with Gasteiger partial charge >= 0.3 is 7.60 Å². The number of hydrogen-bond donors (Lipinski definition) is 0. The Bertz CT molecular complexity index is 2610. The van der Waals surface area contributed by atoms with E-state index in [9.17, 15) is 0 Å². The highest BCUT2D eigenvalue weighted by atomic mass is 32.1. The van der Waals surface area contributed by atoms with Crippen molar-refractivity contribution >= 4 is 47.0 Å². The van der Waals surface area contributed by atoms with E-state index in [0.29, 0.717) is 16.8 Å². The second kappa shape index (κ2) is 17.5. The van der Waals surface area contributed by atoms with E-state index in [1.165, 1.54) is 0 Å². The molecule has 2 aliphatic carbocycles. The summed E-state index contributed by atoms with van der Waals surface area (Å²) in [5.41, 5.74) is 7.39. The van der Waals surface area contributed by atoms with E-state index in [0.717, 1.165) is 68.6 Å². The lowest BCUT2D eigenvalue weighted by Gasteiger charge is -2.32. The van der Waals surface area contributed by atoms with Crippen LogP contribution in [0.5, 0.6) is 11.5 Å². The summed E-state index contributed by atoms with van der Waals surface area (Å²) < 4.78 is 28.5. The minimum absolute atomic E-state index is 0.190. The Hall–Kier alpha value is -6.59. The number of hydrogen-bond acceptors (Lipinski definition) is 6. The molecule has 1 aromatic heterocycles. The first kappa shape index (κ1) is 38.0. The molecule has 0 spiro atoms. The molecule has 0 amide bonds. The molecule has 0 radical (unpaired) electrons. The zero-order valence-electron chi connectivity index (χ0n) is 32.5. The SMILES string of the molecule is O=P(Oc1ccccc1)(Oc1ccccc1)c1cc(-c2ccc(N(c3ccccc3)C3C=CC=CC3)cc2)sc1-c1ccc(N(C2=CCCC=C2)c2ccccc2)cc1. The molecule has 1 unspecified atom stereocenters. The number of benzene rings is 6. The summed E-state index contributed by atoms with van der Waals surface area (Å²) in [4.78, 5) is 6.43. The van der Waals surface area contributed by atoms with Crippen molar-refractivity contribution < 1.29 is 13.6 Å². The van der Waals surface area contributed by atoms with Crippen LogP contribution in [0.1, 0.15) is 19.3 Å². The molecular formula is C52H43N2O3PS. The van der Waals surface area contributed by atoms with E-state index in [-0.39, 0.29) is 6.04 Å². The van der Waals surface area contributed by atoms with Gasteiger partial charge in [-0.3, -0.25) is 0 Å². The van der Waals surface area contributed by atoms with Gasteiger partial charge in [0.15, 0.2) is 0 Å². The van der Waals surface area contributed by atoms with Crippen LogP contribution in [0.2, 0.25) is 0 Å². The summed E-state index contributed by atoms with van der Waals surface area (Å²) in [6.07, 6.45) is 18.4. The van der Waals surface area contributed by atoms with Gasteiger partial charge in [-0.2, -0.15) is 0 Å². The maximum absolute atomic E-state index is 15.6. The van der Waals surface area contributed by atoms with Crippen LogP contribution in [0.15, 0.2) is 224 Å². The van der Waals surface area contributed by atoms with Crippen LogP contribution >= 0.6 is 18.9 Å². The maximum Gasteiger partial charge on any atom is 0.464 e. The predicted molar refractivity (Wildman–Crippen MR) is 247 cm³/mol. The van der Waals surface area contributed by atoms with Gasteiger partial charge in [-0.15, -0.1) is 11.3 Å². The third kappa shape index (κ3) is 8.51. The molecule has 9 rings (SSSR count). The number of nitrogens with zero attached hydrogens (tertiary/aromatic N) is 2. The van der Waals surface area contributed by atoms with Gasteiger partial charge in [-0.05, 0) is 115 Å². The Morgan fingerprint density at radius 2 is 1.10 bits per heavy atom. The monoisotopic (exact) mass is 806 g/mol. The molecular weight excluding hydrogens is 764 g/mol. The van der Waals surface area contributed by atoms with Crippen LogP contribution in [0.3, 0.4) is 0 Å². The van der Waals surface area contributed by atoms with Crippen LogP contribution in [0.4, 0.5) is 22.7 Å². The number of thiophene rings is 1. The van der Waals surface area contributed by atoms with Crippen LogP contribution in [0, 0.1) is 0 Å². The minimum Gasteiger partial charge on any atom is -0.413 e. The molecule has 1 atom stereocenters. The fourth-order valence-electron chi connectivity index (χ4n) is 7.51. The van der Waals surface area contributed by atoms with Crippen molar-refractivity contribution in [2.75, 3.05) is 9.80 Å². The number of para-hydroxylation sites is 4. The van der Waals surface area contributed by atoms with Gasteiger partial charge in [-0.1, -0.05) is 134 Å². The Morgan fingerprint density at radius 3 is 1.68 bits per heavy atom. The topological polar surface area (TPSA) is 42.0 Å². The van der Waals surface area contributed by atoms with Gasteiger partial charge in [-0.25, -0.2) is 4.57 Å². The lowest BCUT2D eigenvalue weighted by molar-refractivity contribution is 0.399. The summed E-state index contributed by atoms with van der Waals surface area (Å²) in [5, 5.41) is 0.505. The van der Waals surface area contributed by atoms with Crippen LogP contribution in [0.25, 0.3) is 20.9 Å². The zero-order valence-corrected chi connectivity index (χ0v) is 34.2. The van der Waals surface area contributed by atoms with Crippen molar-refractivity contribution in [3.8, 4) is 32.4 Å². The summed E-state index contributed by atoms with van der Waals surface area (Å²) in [7, 11) is -4.04. The fourth-order valence-corrected chi connectivity index (χ4v) is 10.8. The Balaban J connectivity index is 1.14. The molecule has 0 fully saturated rings. The number of anilines is 4. The Kier molecular flexibility index (Phi) is 11.3. The smallest absolute Gasteiger partial charge is 0.413 e. The first-order valence-corrected chi connectivity index (χ1v) is 22.3. The molecule has 0 saturated heterocycles. The predicted octanol–water partition coefficient (Wildman–Crippen LogP) is 14.5. The van der Waals surface area contributed by atoms with Gasteiger partial charge in [0.1, 0.15) is 16.8 Å². The van der Waals surface area contributed by atoms with Gasteiger partial charge in [0.25, 0.3) is 0 Å². The van der Waals surface area contributed by atoms with E-state index in [4.69, 9.17) is 9.05 Å². The first-order valence-electron chi connectivity index (χ1n) is 20.0. The van der Waals surface area contributed by atoms with E-state index in [2.05, 4.69) is 149 Å². The lowest BCUT2D eigenvalue weighted by atomic mass is 10.0. The van der Waals surface area contributed by atoms with E-state index >= 15 is 4.57 Å². The summed E-state index contributed by atoms with van der Waals surface area (Å²) in [6, 6.07) is 58.8. The molecule has 7 heteroatoms. The molecule has 2 aliphatic rings. The molecule has 0 saturated carbocycles. The fraction of sp³-hybridized carbons (Fsp3) is 0.0769. The van der Waals surface area contributed by atoms with Gasteiger partial charge < -0.3 is 18.8 Å². The first-order chi connectivity index (χ1) is 29.1. The molecule has 1 heterocycles. The zero-order chi connectivity index (χ0) is 39.9. The highest BCUT2D eigenvalue weighted by Crippen LogP contribution is 2.53. The number of rotatable bonds is 13. The second-order valence-corrected chi connectivity index (χ2v) is 17.2. The molecule has 0 aliphatic heterocycles. The molecule has 0 N–H and O–H groups in total. The summed E-state index contributed by atoms with van der Waals surface area (Å²) >= 11 is 1.59. The van der Waals surface area contributed by atoms with Crippen molar-refractivity contribution in [2.45, 2.75) is 25.3 Å². The van der Waals surface area contributed by atoms with E-state index in [1.54, 1.807) is 11.3 Å². The molecule has 290 valence electrons. The van der Waals surface area contributed by atoms with E-state index < -0.39 is 7.60 Å². The third-order valence-electron chi connectivity index (χ3n) is 10.3. The average Bonchev–Trinajstić information content (AvgIpc) is 3.76. The van der Waals surface area contributed by atoms with Crippen molar-refractivity contribution in [3.63, 3.8) is 0 Å². The lowest BCUT2D eigenvalue weighted by Crippen LogP contribution is -2.29. The standard InChI is InChI=1S/C52H43N2O3PS/c55-58(56-48-27-15-5-16-28-48,57-49-29-17-6-18-30-49)50-39-51(40-31-35-46(36-32-40)53(42-19-7-1-8-20-42)43-21-9-2-10-22-43)59-52(50)41-33-37-47(38-34-41)54(44-23-11-3-12-24-44)45-25-13-4-14-26-45/h1-3,5-13,15-21,23-39,43H,4,14,22H2. The van der Waals surface area contributed by atoms with Gasteiger partial charge in [0.05, 0.1) is 10.9 Å². The molecule has 7 aromatic rings. The Morgan fingerprint density at radius 1 is 0.559 bits per heavy atom. The van der Waals surface area contributed by atoms with Crippen molar-refractivity contribution in [1.82, 2.24) is 0 Å². The van der Waals surface area contributed by atoms with Crippen molar-refractivity contribution in [2.24, 2.45) is 0 Å². The van der Waals surface area contributed by atoms with Crippen LogP contribution in [-0.2, 0) is 4.57 Å². The highest BCUT2D eigenvalue weighted by molar-refractivity contribution is 7.64. The second-order valence-electron chi connectivity index (χ2n) is 14.3. The molecule has 5 nitrogen and oxygen atoms in total. The largest absolute Gasteiger partial charge is 0.464 e. The van der Waals surface area contributed by atoms with Gasteiger partial charge in [0, 0.05) is 33.3 Å². The molecule has 6 aromatic carbocycles. The summed E-state index contributed by atoms with van der Waals surface area (Å²) in [5.74, 6) is 0.926. The van der Waals surface area contributed by atoms with Crippen LogP contribution in [-0.4, -0.2) is 6.04 Å². The highest BCUT2D eigenvalue weighted by Gasteiger charge is 2.37. The summed E-state index contributed by atoms with van der Waals surface area (Å²) in [6.45, 7) is 0. The molecule has 59 heavy (non-hydrogen) atoms. The van der Waals surface area contributed by atoms with E-state index in [1.807, 2.05) is 78.9 Å².